The number of carbonyl (C=O) groups is 1. The van der Waals surface area contributed by atoms with Gasteiger partial charge in [-0.25, -0.2) is 0 Å². The fraction of sp³-hybridized carbons (Fsp3) is 0.278. The lowest BCUT2D eigenvalue weighted by atomic mass is 10.1. The molecule has 0 saturated heterocycles. The number of methoxy groups -OCH3 is 1. The fourth-order valence-electron chi connectivity index (χ4n) is 2.15. The van der Waals surface area contributed by atoms with Gasteiger partial charge in [0.2, 0.25) is 0 Å². The first-order valence-electron chi connectivity index (χ1n) is 6.92. The minimum atomic E-state index is 0.0859. The van der Waals surface area contributed by atoms with Crippen molar-refractivity contribution >= 4 is 17.5 Å². The number of rotatable bonds is 6. The van der Waals surface area contributed by atoms with Crippen molar-refractivity contribution in [3.05, 3.63) is 64.7 Å². The molecule has 0 aliphatic carbocycles. The molecule has 0 spiro atoms. The SMILES string of the molecule is COc1ccc(C(C)=O)cc1CSCc1ccccc1C. The molecule has 3 heteroatoms. The van der Waals surface area contributed by atoms with Crippen LogP contribution in [0.1, 0.15) is 34.0 Å². The Bertz CT molecular complexity index is 635. The molecule has 2 nitrogen and oxygen atoms in total. The van der Waals surface area contributed by atoms with Crippen LogP contribution in [0.4, 0.5) is 0 Å². The molecule has 0 amide bonds. The number of carbonyl (C=O) groups excluding carboxylic acids is 1. The molecular formula is C18H20O2S. The third-order valence-corrected chi connectivity index (χ3v) is 4.49. The normalized spacial score (nSPS) is 10.4. The summed E-state index contributed by atoms with van der Waals surface area (Å²) in [7, 11) is 1.66. The highest BCUT2D eigenvalue weighted by Crippen LogP contribution is 2.27. The van der Waals surface area contributed by atoms with Gasteiger partial charge in [0.25, 0.3) is 0 Å². The molecule has 0 N–H and O–H groups in total. The molecule has 0 aliphatic heterocycles. The number of benzene rings is 2. The fourth-order valence-corrected chi connectivity index (χ4v) is 3.24. The zero-order chi connectivity index (χ0) is 15.2. The van der Waals surface area contributed by atoms with Gasteiger partial charge in [-0.3, -0.25) is 4.79 Å². The predicted molar refractivity (Wildman–Crippen MR) is 89.2 cm³/mol. The third kappa shape index (κ3) is 4.11. The quantitative estimate of drug-likeness (QED) is 0.727. The lowest BCUT2D eigenvalue weighted by Gasteiger charge is -2.10. The number of hydrogen-bond acceptors (Lipinski definition) is 3. The first-order chi connectivity index (χ1) is 10.1. The summed E-state index contributed by atoms with van der Waals surface area (Å²) in [6.07, 6.45) is 0. The summed E-state index contributed by atoms with van der Waals surface area (Å²) in [6.45, 7) is 3.72. The van der Waals surface area contributed by atoms with Gasteiger partial charge in [0, 0.05) is 22.6 Å². The summed E-state index contributed by atoms with van der Waals surface area (Å²) >= 11 is 1.83. The Labute approximate surface area is 130 Å². The van der Waals surface area contributed by atoms with Crippen molar-refractivity contribution in [1.29, 1.82) is 0 Å². The van der Waals surface area contributed by atoms with E-state index in [-0.39, 0.29) is 5.78 Å². The van der Waals surface area contributed by atoms with Crippen LogP contribution >= 0.6 is 11.8 Å². The van der Waals surface area contributed by atoms with Gasteiger partial charge in [0.1, 0.15) is 5.75 Å². The lowest BCUT2D eigenvalue weighted by Crippen LogP contribution is -1.97. The maximum atomic E-state index is 11.5. The Balaban J connectivity index is 2.07. The molecule has 0 radical (unpaired) electrons. The van der Waals surface area contributed by atoms with Crippen LogP contribution in [0.15, 0.2) is 42.5 Å². The van der Waals surface area contributed by atoms with Gasteiger partial charge in [-0.05, 0) is 43.2 Å². The van der Waals surface area contributed by atoms with Crippen molar-refractivity contribution in [1.82, 2.24) is 0 Å². The lowest BCUT2D eigenvalue weighted by molar-refractivity contribution is 0.101. The Kier molecular flexibility index (Phi) is 5.45. The third-order valence-electron chi connectivity index (χ3n) is 3.46. The Morgan fingerprint density at radius 3 is 2.48 bits per heavy atom. The van der Waals surface area contributed by atoms with Crippen molar-refractivity contribution in [2.75, 3.05) is 7.11 Å². The van der Waals surface area contributed by atoms with E-state index < -0.39 is 0 Å². The van der Waals surface area contributed by atoms with E-state index in [1.165, 1.54) is 11.1 Å². The van der Waals surface area contributed by atoms with E-state index in [1.807, 2.05) is 30.0 Å². The molecule has 0 heterocycles. The van der Waals surface area contributed by atoms with Crippen LogP contribution in [0.3, 0.4) is 0 Å². The van der Waals surface area contributed by atoms with Crippen molar-refractivity contribution in [2.45, 2.75) is 25.4 Å². The van der Waals surface area contributed by atoms with Crippen LogP contribution in [0.5, 0.6) is 5.75 Å². The summed E-state index contributed by atoms with van der Waals surface area (Å²) in [5, 5.41) is 0. The largest absolute Gasteiger partial charge is 0.496 e. The highest BCUT2D eigenvalue weighted by atomic mass is 32.2. The average Bonchev–Trinajstić information content (AvgIpc) is 2.49. The van der Waals surface area contributed by atoms with Gasteiger partial charge < -0.3 is 4.74 Å². The molecule has 0 fully saturated rings. The molecule has 21 heavy (non-hydrogen) atoms. The van der Waals surface area contributed by atoms with E-state index in [0.717, 1.165) is 28.4 Å². The van der Waals surface area contributed by atoms with Gasteiger partial charge >= 0.3 is 0 Å². The second-order valence-electron chi connectivity index (χ2n) is 5.00. The van der Waals surface area contributed by atoms with Crippen LogP contribution in [-0.4, -0.2) is 12.9 Å². The molecule has 0 aliphatic rings. The monoisotopic (exact) mass is 300 g/mol. The molecule has 0 unspecified atom stereocenters. The molecule has 0 bridgehead atoms. The van der Waals surface area contributed by atoms with Crippen molar-refractivity contribution in [2.24, 2.45) is 0 Å². The molecule has 2 aromatic carbocycles. The minimum Gasteiger partial charge on any atom is -0.496 e. The maximum absolute atomic E-state index is 11.5. The highest BCUT2D eigenvalue weighted by Gasteiger charge is 2.08. The molecule has 0 saturated carbocycles. The van der Waals surface area contributed by atoms with Crippen LogP contribution in [0.25, 0.3) is 0 Å². The van der Waals surface area contributed by atoms with Gasteiger partial charge in [0.05, 0.1) is 7.11 Å². The Hall–Kier alpha value is -1.74. The van der Waals surface area contributed by atoms with E-state index >= 15 is 0 Å². The number of hydrogen-bond donors (Lipinski definition) is 0. The van der Waals surface area contributed by atoms with Crippen LogP contribution in [-0.2, 0) is 11.5 Å². The Morgan fingerprint density at radius 2 is 1.81 bits per heavy atom. The van der Waals surface area contributed by atoms with E-state index in [0.29, 0.717) is 0 Å². The summed E-state index contributed by atoms with van der Waals surface area (Å²) < 4.78 is 5.38. The topological polar surface area (TPSA) is 26.3 Å². The molecule has 2 aromatic rings. The van der Waals surface area contributed by atoms with Gasteiger partial charge in [-0.2, -0.15) is 11.8 Å². The molecule has 2 rings (SSSR count). The van der Waals surface area contributed by atoms with Crippen molar-refractivity contribution < 1.29 is 9.53 Å². The van der Waals surface area contributed by atoms with E-state index in [9.17, 15) is 4.79 Å². The van der Waals surface area contributed by atoms with Gasteiger partial charge in [-0.1, -0.05) is 24.3 Å². The molecule has 0 atom stereocenters. The summed E-state index contributed by atoms with van der Waals surface area (Å²) in [5.74, 6) is 2.72. The van der Waals surface area contributed by atoms with E-state index in [4.69, 9.17) is 4.74 Å². The number of ketones is 1. The number of Topliss-reactive ketones (excluding diaryl/α,β-unsaturated/α-hetero) is 1. The molecular weight excluding hydrogens is 280 g/mol. The number of thioether (sulfide) groups is 1. The maximum Gasteiger partial charge on any atom is 0.159 e. The second-order valence-corrected chi connectivity index (χ2v) is 5.99. The van der Waals surface area contributed by atoms with Gasteiger partial charge in [-0.15, -0.1) is 0 Å². The average molecular weight is 300 g/mol. The van der Waals surface area contributed by atoms with Crippen molar-refractivity contribution in [3.63, 3.8) is 0 Å². The van der Waals surface area contributed by atoms with Crippen LogP contribution in [0, 0.1) is 6.92 Å². The number of aryl methyl sites for hydroxylation is 1. The first-order valence-corrected chi connectivity index (χ1v) is 8.07. The highest BCUT2D eigenvalue weighted by molar-refractivity contribution is 7.97. The summed E-state index contributed by atoms with van der Waals surface area (Å²) in [5.41, 5.74) is 4.48. The first kappa shape index (κ1) is 15.6. The standard InChI is InChI=1S/C18H20O2S/c1-13-6-4-5-7-16(13)11-21-12-17-10-15(14(2)19)8-9-18(17)20-3/h4-10H,11-12H2,1-3H3. The minimum absolute atomic E-state index is 0.0859. The molecule has 0 aromatic heterocycles. The predicted octanol–water partition coefficient (Wildman–Crippen LogP) is 4.64. The van der Waals surface area contributed by atoms with Crippen LogP contribution in [0.2, 0.25) is 0 Å². The zero-order valence-corrected chi connectivity index (χ0v) is 13.5. The molecule has 110 valence electrons. The smallest absolute Gasteiger partial charge is 0.159 e. The zero-order valence-electron chi connectivity index (χ0n) is 12.7. The van der Waals surface area contributed by atoms with Crippen LogP contribution < -0.4 is 4.74 Å². The summed E-state index contributed by atoms with van der Waals surface area (Å²) in [6, 6.07) is 14.0. The van der Waals surface area contributed by atoms with Gasteiger partial charge in [0.15, 0.2) is 5.78 Å². The Morgan fingerprint density at radius 1 is 1.10 bits per heavy atom. The summed E-state index contributed by atoms with van der Waals surface area (Å²) in [4.78, 5) is 11.5. The van der Waals surface area contributed by atoms with Crippen molar-refractivity contribution in [3.8, 4) is 5.75 Å². The van der Waals surface area contributed by atoms with E-state index in [1.54, 1.807) is 14.0 Å². The van der Waals surface area contributed by atoms with E-state index in [2.05, 4.69) is 31.2 Å². The number of ether oxygens (including phenoxy) is 1. The second kappa shape index (κ2) is 7.32.